The van der Waals surface area contributed by atoms with Crippen molar-refractivity contribution >= 4 is 0 Å². The lowest BCUT2D eigenvalue weighted by molar-refractivity contribution is 0.217. The Morgan fingerprint density at radius 2 is 1.93 bits per heavy atom. The van der Waals surface area contributed by atoms with Crippen molar-refractivity contribution < 1.29 is 4.74 Å². The van der Waals surface area contributed by atoms with Gasteiger partial charge in [-0.2, -0.15) is 0 Å². The molecule has 0 unspecified atom stereocenters. The summed E-state index contributed by atoms with van der Waals surface area (Å²) in [5, 5.41) is 0. The first-order chi connectivity index (χ1) is 6.76. The maximum absolute atomic E-state index is 5.67. The zero-order valence-corrected chi connectivity index (χ0v) is 8.99. The first kappa shape index (κ1) is 11.1. The van der Waals surface area contributed by atoms with Gasteiger partial charge in [0.25, 0.3) is 0 Å². The van der Waals surface area contributed by atoms with Crippen LogP contribution in [0.15, 0.2) is 24.3 Å². The van der Waals surface area contributed by atoms with Crippen LogP contribution in [0.4, 0.5) is 0 Å². The van der Waals surface area contributed by atoms with Gasteiger partial charge in [-0.1, -0.05) is 19.1 Å². The van der Waals surface area contributed by atoms with Crippen molar-refractivity contribution in [1.29, 1.82) is 0 Å². The van der Waals surface area contributed by atoms with Gasteiger partial charge < -0.3 is 10.5 Å². The molecule has 1 atom stereocenters. The van der Waals surface area contributed by atoms with Crippen molar-refractivity contribution in [2.75, 3.05) is 6.54 Å². The molecule has 0 aromatic heterocycles. The van der Waals surface area contributed by atoms with Crippen molar-refractivity contribution in [2.24, 2.45) is 5.73 Å². The highest BCUT2D eigenvalue weighted by molar-refractivity contribution is 5.27. The normalized spacial score (nSPS) is 12.5. The predicted octanol–water partition coefficient (Wildman–Crippen LogP) is 2.37. The standard InChI is InChI=1S/C12H19NO/c1-3-10(2)14-12-6-4-11(5-7-12)8-9-13/h4-7,10H,3,8-9,13H2,1-2H3/t10-/m0/s1. The van der Waals surface area contributed by atoms with Crippen molar-refractivity contribution in [3.05, 3.63) is 29.8 Å². The third-order valence-corrected chi connectivity index (χ3v) is 2.27. The summed E-state index contributed by atoms with van der Waals surface area (Å²) in [6.07, 6.45) is 2.25. The van der Waals surface area contributed by atoms with Crippen LogP contribution in [0, 0.1) is 0 Å². The third kappa shape index (κ3) is 3.38. The van der Waals surface area contributed by atoms with Crippen LogP contribution in [0.3, 0.4) is 0 Å². The Kier molecular flexibility index (Phi) is 4.47. The average molecular weight is 193 g/mol. The van der Waals surface area contributed by atoms with E-state index in [-0.39, 0.29) is 6.10 Å². The molecule has 0 aliphatic heterocycles. The smallest absolute Gasteiger partial charge is 0.119 e. The van der Waals surface area contributed by atoms with E-state index in [9.17, 15) is 0 Å². The molecular weight excluding hydrogens is 174 g/mol. The molecule has 14 heavy (non-hydrogen) atoms. The Labute approximate surface area is 86.1 Å². The van der Waals surface area contributed by atoms with E-state index in [4.69, 9.17) is 10.5 Å². The van der Waals surface area contributed by atoms with Crippen molar-refractivity contribution in [3.63, 3.8) is 0 Å². The van der Waals surface area contributed by atoms with Gasteiger partial charge in [-0.25, -0.2) is 0 Å². The highest BCUT2D eigenvalue weighted by Gasteiger charge is 2.00. The lowest BCUT2D eigenvalue weighted by atomic mass is 10.1. The Morgan fingerprint density at radius 3 is 2.43 bits per heavy atom. The Hall–Kier alpha value is -1.02. The minimum Gasteiger partial charge on any atom is -0.491 e. The number of hydrogen-bond donors (Lipinski definition) is 1. The van der Waals surface area contributed by atoms with E-state index in [0.29, 0.717) is 6.54 Å². The number of nitrogens with two attached hydrogens (primary N) is 1. The number of rotatable bonds is 5. The highest BCUT2D eigenvalue weighted by atomic mass is 16.5. The van der Waals surface area contributed by atoms with Crippen LogP contribution in [0.1, 0.15) is 25.8 Å². The molecule has 0 saturated heterocycles. The van der Waals surface area contributed by atoms with Crippen LogP contribution < -0.4 is 10.5 Å². The molecule has 0 spiro atoms. The first-order valence-corrected chi connectivity index (χ1v) is 5.22. The van der Waals surface area contributed by atoms with Gasteiger partial charge in [-0.15, -0.1) is 0 Å². The molecule has 2 N–H and O–H groups in total. The molecule has 0 fully saturated rings. The predicted molar refractivity (Wildman–Crippen MR) is 59.6 cm³/mol. The fourth-order valence-electron chi connectivity index (χ4n) is 1.22. The molecule has 0 bridgehead atoms. The van der Waals surface area contributed by atoms with Crippen LogP contribution >= 0.6 is 0 Å². The van der Waals surface area contributed by atoms with E-state index in [1.807, 2.05) is 12.1 Å². The van der Waals surface area contributed by atoms with Gasteiger partial charge in [-0.05, 0) is 44.0 Å². The molecular formula is C12H19NO. The maximum atomic E-state index is 5.67. The van der Waals surface area contributed by atoms with E-state index in [0.717, 1.165) is 18.6 Å². The summed E-state index contributed by atoms with van der Waals surface area (Å²) in [7, 11) is 0. The van der Waals surface area contributed by atoms with Crippen molar-refractivity contribution in [1.82, 2.24) is 0 Å². The van der Waals surface area contributed by atoms with Crippen molar-refractivity contribution in [3.8, 4) is 5.75 Å². The number of hydrogen-bond acceptors (Lipinski definition) is 2. The summed E-state index contributed by atoms with van der Waals surface area (Å²) in [4.78, 5) is 0. The second-order valence-electron chi connectivity index (χ2n) is 3.52. The quantitative estimate of drug-likeness (QED) is 0.779. The van der Waals surface area contributed by atoms with E-state index >= 15 is 0 Å². The second-order valence-corrected chi connectivity index (χ2v) is 3.52. The average Bonchev–Trinajstić information content (AvgIpc) is 2.21. The summed E-state index contributed by atoms with van der Waals surface area (Å²) in [5.41, 5.74) is 6.74. The molecule has 0 aliphatic carbocycles. The van der Waals surface area contributed by atoms with Gasteiger partial charge in [0.15, 0.2) is 0 Å². The molecule has 78 valence electrons. The zero-order chi connectivity index (χ0) is 10.4. The fourth-order valence-corrected chi connectivity index (χ4v) is 1.22. The molecule has 0 radical (unpaired) electrons. The molecule has 1 aromatic carbocycles. The lowest BCUT2D eigenvalue weighted by Gasteiger charge is -2.12. The lowest BCUT2D eigenvalue weighted by Crippen LogP contribution is -2.09. The third-order valence-electron chi connectivity index (χ3n) is 2.27. The van der Waals surface area contributed by atoms with Crippen LogP contribution in [-0.2, 0) is 6.42 Å². The van der Waals surface area contributed by atoms with Gasteiger partial charge >= 0.3 is 0 Å². The summed E-state index contributed by atoms with van der Waals surface area (Å²) < 4.78 is 5.67. The van der Waals surface area contributed by atoms with Gasteiger partial charge in [0.2, 0.25) is 0 Å². The monoisotopic (exact) mass is 193 g/mol. The molecule has 0 heterocycles. The van der Waals surface area contributed by atoms with Crippen molar-refractivity contribution in [2.45, 2.75) is 32.8 Å². The largest absolute Gasteiger partial charge is 0.491 e. The summed E-state index contributed by atoms with van der Waals surface area (Å²) in [5.74, 6) is 0.945. The van der Waals surface area contributed by atoms with Crippen LogP contribution in [0.5, 0.6) is 5.75 Å². The molecule has 1 rings (SSSR count). The summed E-state index contributed by atoms with van der Waals surface area (Å²) in [6.45, 7) is 4.90. The fraction of sp³-hybridized carbons (Fsp3) is 0.500. The Bertz CT molecular complexity index is 256. The van der Waals surface area contributed by atoms with E-state index in [1.165, 1.54) is 5.56 Å². The molecule has 0 saturated carbocycles. The SMILES string of the molecule is CC[C@H](C)Oc1ccc(CCN)cc1. The highest BCUT2D eigenvalue weighted by Crippen LogP contribution is 2.14. The summed E-state index contributed by atoms with van der Waals surface area (Å²) in [6, 6.07) is 8.17. The van der Waals surface area contributed by atoms with E-state index < -0.39 is 0 Å². The van der Waals surface area contributed by atoms with Gasteiger partial charge in [0.1, 0.15) is 5.75 Å². The number of benzene rings is 1. The topological polar surface area (TPSA) is 35.2 Å². The minimum absolute atomic E-state index is 0.287. The minimum atomic E-state index is 0.287. The van der Waals surface area contributed by atoms with E-state index in [1.54, 1.807) is 0 Å². The molecule has 2 heteroatoms. The Morgan fingerprint density at radius 1 is 1.29 bits per heavy atom. The molecule has 2 nitrogen and oxygen atoms in total. The van der Waals surface area contributed by atoms with Gasteiger partial charge in [0.05, 0.1) is 6.10 Å². The second kappa shape index (κ2) is 5.66. The zero-order valence-electron chi connectivity index (χ0n) is 8.99. The van der Waals surface area contributed by atoms with Gasteiger partial charge in [-0.3, -0.25) is 0 Å². The molecule has 1 aromatic rings. The molecule has 0 aliphatic rings. The number of ether oxygens (including phenoxy) is 1. The van der Waals surface area contributed by atoms with E-state index in [2.05, 4.69) is 26.0 Å². The maximum Gasteiger partial charge on any atom is 0.119 e. The first-order valence-electron chi connectivity index (χ1n) is 5.22. The Balaban J connectivity index is 2.54. The van der Waals surface area contributed by atoms with Crippen LogP contribution in [-0.4, -0.2) is 12.6 Å². The van der Waals surface area contributed by atoms with Gasteiger partial charge in [0, 0.05) is 0 Å². The van der Waals surface area contributed by atoms with Crippen LogP contribution in [0.25, 0.3) is 0 Å². The van der Waals surface area contributed by atoms with Crippen LogP contribution in [0.2, 0.25) is 0 Å². The molecule has 0 amide bonds. The summed E-state index contributed by atoms with van der Waals surface area (Å²) >= 11 is 0.